The Balaban J connectivity index is 2.82. The van der Waals surface area contributed by atoms with E-state index in [2.05, 4.69) is 24.0 Å². The Bertz CT molecular complexity index is 633. The molecule has 6 heteroatoms. The number of halogens is 2. The van der Waals surface area contributed by atoms with Gasteiger partial charge in [-0.2, -0.15) is 0 Å². The largest absolute Gasteiger partial charge is 0.288 e. The van der Waals surface area contributed by atoms with Crippen LogP contribution in [-0.2, 0) is 9.84 Å². The van der Waals surface area contributed by atoms with Crippen LogP contribution in [0.2, 0.25) is 0 Å². The van der Waals surface area contributed by atoms with Crippen LogP contribution in [0.15, 0.2) is 47.4 Å². The van der Waals surface area contributed by atoms with Crippen LogP contribution < -0.4 is 0 Å². The van der Waals surface area contributed by atoms with E-state index in [0.717, 1.165) is 24.1 Å². The summed E-state index contributed by atoms with van der Waals surface area (Å²) in [6, 6.07) is 0.0551. The summed E-state index contributed by atoms with van der Waals surface area (Å²) in [5.41, 5.74) is 2.21. The molecule has 1 atom stereocenters. The van der Waals surface area contributed by atoms with E-state index in [0.29, 0.717) is 19.5 Å². The topological polar surface area (TPSA) is 37.4 Å². The lowest BCUT2D eigenvalue weighted by atomic mass is 10.1. The third kappa shape index (κ3) is 7.53. The Hall–Kier alpha value is -1.27. The highest BCUT2D eigenvalue weighted by Gasteiger charge is 2.26. The van der Waals surface area contributed by atoms with Gasteiger partial charge in [0, 0.05) is 25.4 Å². The number of alkyl halides is 1. The maximum Gasteiger partial charge on any atom is 0.148 e. The summed E-state index contributed by atoms with van der Waals surface area (Å²) in [5, 5.41) is 0. The highest BCUT2D eigenvalue weighted by molar-refractivity contribution is 7.90. The zero-order valence-corrected chi connectivity index (χ0v) is 15.5. The van der Waals surface area contributed by atoms with Crippen LogP contribution in [0.4, 0.5) is 8.78 Å². The van der Waals surface area contributed by atoms with Gasteiger partial charge in [0.25, 0.3) is 0 Å². The van der Waals surface area contributed by atoms with Crippen molar-refractivity contribution in [3.05, 3.63) is 47.4 Å². The Kier molecular flexibility index (Phi) is 8.56. The summed E-state index contributed by atoms with van der Waals surface area (Å²) in [5.74, 6) is -0.353. The van der Waals surface area contributed by atoms with Crippen LogP contribution in [0.25, 0.3) is 0 Å². The molecule has 1 aliphatic rings. The summed E-state index contributed by atoms with van der Waals surface area (Å²) in [7, 11) is -3.03. The van der Waals surface area contributed by atoms with Crippen LogP contribution >= 0.6 is 0 Å². The fraction of sp³-hybridized carbons (Fsp3) is 0.556. The van der Waals surface area contributed by atoms with Gasteiger partial charge in [-0.25, -0.2) is 17.2 Å². The molecule has 1 aliphatic heterocycles. The van der Waals surface area contributed by atoms with Crippen molar-refractivity contribution in [2.24, 2.45) is 0 Å². The molecule has 0 radical (unpaired) electrons. The van der Waals surface area contributed by atoms with Crippen LogP contribution in [0.1, 0.15) is 26.7 Å². The van der Waals surface area contributed by atoms with Crippen molar-refractivity contribution in [3.63, 3.8) is 0 Å². The quantitative estimate of drug-likeness (QED) is 0.465. The molecule has 0 amide bonds. The summed E-state index contributed by atoms with van der Waals surface area (Å²) in [4.78, 5) is 2.10. The standard InChI is InChI=1S/C18H27F2NO2S/c1-4-6-15(2)18-13-16(8-9-17(20)7-5-10-19)14-21(18)11-12-24(3,22)23/h5-7,9,13,18H,4,8,10-12,14H2,1-3H3/b7-5-,15-6+,17-9+/t18-/m0/s1. The molecule has 0 spiro atoms. The van der Waals surface area contributed by atoms with Gasteiger partial charge in [-0.3, -0.25) is 4.90 Å². The van der Waals surface area contributed by atoms with E-state index in [1.54, 1.807) is 0 Å². The zero-order valence-electron chi connectivity index (χ0n) is 14.6. The number of allylic oxidation sites excluding steroid dienone is 5. The van der Waals surface area contributed by atoms with Crippen LogP contribution in [0.5, 0.6) is 0 Å². The first-order valence-corrected chi connectivity index (χ1v) is 10.2. The minimum Gasteiger partial charge on any atom is -0.288 e. The van der Waals surface area contributed by atoms with Crippen molar-refractivity contribution in [2.45, 2.75) is 32.7 Å². The third-order valence-electron chi connectivity index (χ3n) is 3.86. The summed E-state index contributed by atoms with van der Waals surface area (Å²) in [6.45, 7) is 4.46. The van der Waals surface area contributed by atoms with Crippen molar-refractivity contribution in [2.75, 3.05) is 31.8 Å². The molecule has 1 heterocycles. The van der Waals surface area contributed by atoms with Crippen LogP contribution in [-0.4, -0.2) is 51.1 Å². The molecule has 136 valence electrons. The van der Waals surface area contributed by atoms with E-state index >= 15 is 0 Å². The van der Waals surface area contributed by atoms with Crippen molar-refractivity contribution < 1.29 is 17.2 Å². The van der Waals surface area contributed by atoms with E-state index in [1.165, 1.54) is 17.9 Å². The van der Waals surface area contributed by atoms with Crippen LogP contribution in [0, 0.1) is 0 Å². The third-order valence-corrected chi connectivity index (χ3v) is 4.78. The monoisotopic (exact) mass is 359 g/mol. The van der Waals surface area contributed by atoms with Crippen molar-refractivity contribution in [1.82, 2.24) is 4.90 Å². The van der Waals surface area contributed by atoms with Gasteiger partial charge >= 0.3 is 0 Å². The summed E-state index contributed by atoms with van der Waals surface area (Å²) in [6.07, 6.45) is 10.5. The smallest absolute Gasteiger partial charge is 0.148 e. The molecule has 0 aliphatic carbocycles. The fourth-order valence-electron chi connectivity index (χ4n) is 2.69. The van der Waals surface area contributed by atoms with Crippen LogP contribution in [0.3, 0.4) is 0 Å². The minimum atomic E-state index is -3.03. The molecular formula is C18H27F2NO2S. The maximum absolute atomic E-state index is 13.5. The predicted octanol–water partition coefficient (Wildman–Crippen LogP) is 3.77. The van der Waals surface area contributed by atoms with Gasteiger partial charge in [0.05, 0.1) is 5.75 Å². The molecule has 1 rings (SSSR count). The zero-order chi connectivity index (χ0) is 18.2. The van der Waals surface area contributed by atoms with Gasteiger partial charge in [0.15, 0.2) is 0 Å². The molecule has 0 aromatic carbocycles. The van der Waals surface area contributed by atoms with Crippen molar-refractivity contribution in [3.8, 4) is 0 Å². The van der Waals surface area contributed by atoms with Crippen molar-refractivity contribution in [1.29, 1.82) is 0 Å². The molecule has 0 aromatic heterocycles. The Labute approximate surface area is 144 Å². The fourth-order valence-corrected chi connectivity index (χ4v) is 3.26. The Morgan fingerprint density at radius 3 is 2.71 bits per heavy atom. The van der Waals surface area contributed by atoms with E-state index in [9.17, 15) is 17.2 Å². The second kappa shape index (κ2) is 9.89. The summed E-state index contributed by atoms with van der Waals surface area (Å²) < 4.78 is 48.3. The average molecular weight is 359 g/mol. The Morgan fingerprint density at radius 2 is 2.12 bits per heavy atom. The van der Waals surface area contributed by atoms with E-state index in [4.69, 9.17) is 0 Å². The first-order chi connectivity index (χ1) is 11.3. The normalized spacial score (nSPS) is 20.9. The highest BCUT2D eigenvalue weighted by atomic mass is 32.2. The Morgan fingerprint density at radius 1 is 1.42 bits per heavy atom. The average Bonchev–Trinajstić information content (AvgIpc) is 2.92. The molecule has 0 fully saturated rings. The lowest BCUT2D eigenvalue weighted by Gasteiger charge is -2.25. The first-order valence-electron chi connectivity index (χ1n) is 8.13. The highest BCUT2D eigenvalue weighted by Crippen LogP contribution is 2.25. The van der Waals surface area contributed by atoms with E-state index in [-0.39, 0.29) is 11.8 Å². The molecule has 0 saturated carbocycles. The predicted molar refractivity (Wildman–Crippen MR) is 96.1 cm³/mol. The molecule has 3 nitrogen and oxygen atoms in total. The number of hydrogen-bond donors (Lipinski definition) is 0. The molecule has 0 bridgehead atoms. The minimum absolute atomic E-state index is 0.0551. The number of hydrogen-bond acceptors (Lipinski definition) is 3. The molecular weight excluding hydrogens is 332 g/mol. The van der Waals surface area contributed by atoms with Gasteiger partial charge < -0.3 is 0 Å². The maximum atomic E-state index is 13.5. The van der Waals surface area contributed by atoms with E-state index < -0.39 is 22.3 Å². The van der Waals surface area contributed by atoms with Gasteiger partial charge in [0.1, 0.15) is 22.3 Å². The molecule has 0 N–H and O–H groups in total. The summed E-state index contributed by atoms with van der Waals surface area (Å²) >= 11 is 0. The van der Waals surface area contributed by atoms with Gasteiger partial charge in [-0.05, 0) is 31.9 Å². The second-order valence-corrected chi connectivity index (χ2v) is 8.34. The van der Waals surface area contributed by atoms with Crippen molar-refractivity contribution >= 4 is 9.84 Å². The lowest BCUT2D eigenvalue weighted by Crippen LogP contribution is -2.35. The lowest BCUT2D eigenvalue weighted by molar-refractivity contribution is 0.310. The van der Waals surface area contributed by atoms with Gasteiger partial charge in [-0.15, -0.1) is 0 Å². The molecule has 24 heavy (non-hydrogen) atoms. The second-order valence-electron chi connectivity index (χ2n) is 6.08. The first kappa shape index (κ1) is 20.8. The number of sulfone groups is 1. The SMILES string of the molecule is CC/C=C(\C)[C@@H]1C=C(C/C=C(F)\C=C/CF)CN1CCS(C)(=O)=O. The van der Waals surface area contributed by atoms with Gasteiger partial charge in [-0.1, -0.05) is 36.3 Å². The number of nitrogens with zero attached hydrogens (tertiary/aromatic N) is 1. The number of rotatable bonds is 9. The van der Waals surface area contributed by atoms with E-state index in [1.807, 2.05) is 6.92 Å². The molecule has 0 saturated heterocycles. The molecule has 0 aromatic rings. The van der Waals surface area contributed by atoms with Gasteiger partial charge in [0.2, 0.25) is 0 Å². The molecule has 0 unspecified atom stereocenters.